The van der Waals surface area contributed by atoms with E-state index in [9.17, 15) is 8.42 Å². The van der Waals surface area contributed by atoms with Crippen molar-refractivity contribution >= 4 is 9.84 Å². The summed E-state index contributed by atoms with van der Waals surface area (Å²) in [6, 6.07) is 1.10. The van der Waals surface area contributed by atoms with Crippen molar-refractivity contribution in [2.45, 2.75) is 59.0 Å². The third-order valence-electron chi connectivity index (χ3n) is 4.07. The van der Waals surface area contributed by atoms with Crippen molar-refractivity contribution < 1.29 is 8.42 Å². The van der Waals surface area contributed by atoms with Gasteiger partial charge in [0.2, 0.25) is 0 Å². The number of hydrogen-bond donors (Lipinski definition) is 1. The third-order valence-corrected chi connectivity index (χ3v) is 5.10. The number of hydrogen-bond acceptors (Lipinski definition) is 4. The highest BCUT2D eigenvalue weighted by molar-refractivity contribution is 7.90. The summed E-state index contributed by atoms with van der Waals surface area (Å²) < 4.78 is 22.6. The number of rotatable bonds is 8. The van der Waals surface area contributed by atoms with E-state index in [0.717, 1.165) is 26.1 Å². The van der Waals surface area contributed by atoms with E-state index in [-0.39, 0.29) is 0 Å². The lowest BCUT2D eigenvalue weighted by atomic mass is 9.95. The Bertz CT molecular complexity index is 393. The van der Waals surface area contributed by atoms with E-state index < -0.39 is 9.84 Å². The number of piperazine rings is 1. The summed E-state index contributed by atoms with van der Waals surface area (Å²) in [6.07, 6.45) is 4.46. The fourth-order valence-corrected chi connectivity index (χ4v) is 3.89. The van der Waals surface area contributed by atoms with E-state index >= 15 is 0 Å². The first-order chi connectivity index (χ1) is 9.67. The van der Waals surface area contributed by atoms with Gasteiger partial charge >= 0.3 is 0 Å². The summed E-state index contributed by atoms with van der Waals surface area (Å²) in [5.74, 6) is 1.68. The second kappa shape index (κ2) is 8.49. The molecule has 1 saturated heterocycles. The fraction of sp³-hybridized carbons (Fsp3) is 1.00. The van der Waals surface area contributed by atoms with Gasteiger partial charge in [0.1, 0.15) is 9.84 Å². The van der Waals surface area contributed by atoms with E-state index in [1.54, 1.807) is 0 Å². The van der Waals surface area contributed by atoms with Crippen molar-refractivity contribution in [3.63, 3.8) is 0 Å². The maximum Gasteiger partial charge on any atom is 0.147 e. The summed E-state index contributed by atoms with van der Waals surface area (Å²) in [7, 11) is -2.84. The summed E-state index contributed by atoms with van der Waals surface area (Å²) >= 11 is 0. The quantitative estimate of drug-likeness (QED) is 0.745. The van der Waals surface area contributed by atoms with Gasteiger partial charge in [0.05, 0.1) is 5.75 Å². The van der Waals surface area contributed by atoms with Crippen LogP contribution >= 0.6 is 0 Å². The molecular weight excluding hydrogens is 284 g/mol. The molecule has 0 spiro atoms. The molecule has 0 saturated carbocycles. The molecule has 0 bridgehead atoms. The third kappa shape index (κ3) is 8.17. The van der Waals surface area contributed by atoms with Crippen LogP contribution in [0.25, 0.3) is 0 Å². The monoisotopic (exact) mass is 318 g/mol. The molecule has 0 aromatic carbocycles. The zero-order chi connectivity index (χ0) is 16.0. The summed E-state index contributed by atoms with van der Waals surface area (Å²) in [5, 5.41) is 3.68. The first-order valence-corrected chi connectivity index (χ1v) is 10.4. The lowest BCUT2D eigenvalue weighted by Gasteiger charge is -2.42. The Morgan fingerprint density at radius 1 is 1.14 bits per heavy atom. The molecule has 1 rings (SSSR count). The second-order valence-electron chi connectivity index (χ2n) is 7.50. The standard InChI is InChI=1S/C16H34N2O2S/c1-13(2)9-15-12-18(7-6-8-21(5,19)20)16(11-17-15)10-14(3)4/h13-17H,6-12H2,1-5H3. The lowest BCUT2D eigenvalue weighted by molar-refractivity contribution is 0.107. The van der Waals surface area contributed by atoms with Gasteiger partial charge in [-0.05, 0) is 37.6 Å². The smallest absolute Gasteiger partial charge is 0.147 e. The molecule has 1 fully saturated rings. The molecule has 0 aliphatic carbocycles. The molecule has 126 valence electrons. The molecule has 0 radical (unpaired) electrons. The SMILES string of the molecule is CC(C)CC1CN(CCCS(C)(=O)=O)C(CC(C)C)CN1. The molecule has 2 unspecified atom stereocenters. The topological polar surface area (TPSA) is 49.4 Å². The predicted molar refractivity (Wildman–Crippen MR) is 90.4 cm³/mol. The van der Waals surface area contributed by atoms with Gasteiger partial charge in [-0.15, -0.1) is 0 Å². The van der Waals surface area contributed by atoms with Crippen LogP contribution in [0.5, 0.6) is 0 Å². The van der Waals surface area contributed by atoms with Gasteiger partial charge in [-0.25, -0.2) is 8.42 Å². The molecule has 5 heteroatoms. The van der Waals surface area contributed by atoms with Crippen molar-refractivity contribution in [2.75, 3.05) is 31.6 Å². The number of nitrogens with one attached hydrogen (secondary N) is 1. The van der Waals surface area contributed by atoms with E-state index in [1.807, 2.05) is 0 Å². The Balaban J connectivity index is 2.55. The molecule has 21 heavy (non-hydrogen) atoms. The predicted octanol–water partition coefficient (Wildman–Crippen LogP) is 2.16. The molecule has 0 aromatic heterocycles. The van der Waals surface area contributed by atoms with Crippen LogP contribution < -0.4 is 5.32 Å². The Kier molecular flexibility index (Phi) is 7.65. The molecule has 1 N–H and O–H groups in total. The van der Waals surface area contributed by atoms with Gasteiger partial charge in [0, 0.05) is 31.4 Å². The van der Waals surface area contributed by atoms with Crippen molar-refractivity contribution in [2.24, 2.45) is 11.8 Å². The number of sulfone groups is 1. The van der Waals surface area contributed by atoms with Crippen LogP contribution in [0.1, 0.15) is 47.0 Å². The first-order valence-electron chi connectivity index (χ1n) is 8.32. The minimum atomic E-state index is -2.84. The molecule has 1 aliphatic rings. The minimum Gasteiger partial charge on any atom is -0.311 e. The van der Waals surface area contributed by atoms with Crippen LogP contribution in [-0.2, 0) is 9.84 Å². The average molecular weight is 319 g/mol. The first kappa shape index (κ1) is 18.9. The van der Waals surface area contributed by atoms with Crippen molar-refractivity contribution in [3.05, 3.63) is 0 Å². The molecule has 4 nitrogen and oxygen atoms in total. The van der Waals surface area contributed by atoms with Crippen molar-refractivity contribution in [1.82, 2.24) is 10.2 Å². The average Bonchev–Trinajstić information content (AvgIpc) is 2.29. The molecule has 1 aliphatic heterocycles. The zero-order valence-corrected chi connectivity index (χ0v) is 15.2. The minimum absolute atomic E-state index is 0.306. The maximum absolute atomic E-state index is 11.3. The fourth-order valence-electron chi connectivity index (χ4n) is 3.24. The Morgan fingerprint density at radius 2 is 1.76 bits per heavy atom. The van der Waals surface area contributed by atoms with Crippen molar-refractivity contribution in [1.29, 1.82) is 0 Å². The van der Waals surface area contributed by atoms with Crippen LogP contribution in [0.2, 0.25) is 0 Å². The van der Waals surface area contributed by atoms with Gasteiger partial charge < -0.3 is 5.32 Å². The molecule has 1 heterocycles. The van der Waals surface area contributed by atoms with Crippen LogP contribution in [0.3, 0.4) is 0 Å². The zero-order valence-electron chi connectivity index (χ0n) is 14.4. The van der Waals surface area contributed by atoms with Crippen LogP contribution in [0.15, 0.2) is 0 Å². The lowest BCUT2D eigenvalue weighted by Crippen LogP contribution is -2.57. The normalized spacial score (nSPS) is 24.9. The van der Waals surface area contributed by atoms with Crippen molar-refractivity contribution in [3.8, 4) is 0 Å². The Labute approximate surface area is 131 Å². The van der Waals surface area contributed by atoms with Crippen LogP contribution in [-0.4, -0.2) is 57.0 Å². The van der Waals surface area contributed by atoms with Gasteiger partial charge in [-0.2, -0.15) is 0 Å². The highest BCUT2D eigenvalue weighted by Crippen LogP contribution is 2.18. The summed E-state index contributed by atoms with van der Waals surface area (Å²) in [6.45, 7) is 12.0. The van der Waals surface area contributed by atoms with E-state index in [4.69, 9.17) is 0 Å². The van der Waals surface area contributed by atoms with Gasteiger partial charge in [-0.3, -0.25) is 4.90 Å². The molecule has 0 aromatic rings. The maximum atomic E-state index is 11.3. The van der Waals surface area contributed by atoms with E-state index in [2.05, 4.69) is 37.9 Å². The second-order valence-corrected chi connectivity index (χ2v) is 9.76. The largest absolute Gasteiger partial charge is 0.311 e. The number of nitrogens with zero attached hydrogens (tertiary/aromatic N) is 1. The van der Waals surface area contributed by atoms with Crippen LogP contribution in [0, 0.1) is 11.8 Å². The van der Waals surface area contributed by atoms with E-state index in [1.165, 1.54) is 19.1 Å². The summed E-state index contributed by atoms with van der Waals surface area (Å²) in [4.78, 5) is 2.52. The van der Waals surface area contributed by atoms with E-state index in [0.29, 0.717) is 29.7 Å². The Morgan fingerprint density at radius 3 is 2.29 bits per heavy atom. The highest BCUT2D eigenvalue weighted by atomic mass is 32.2. The van der Waals surface area contributed by atoms with Gasteiger partial charge in [0.25, 0.3) is 0 Å². The summed E-state index contributed by atoms with van der Waals surface area (Å²) in [5.41, 5.74) is 0. The molecular formula is C16H34N2O2S. The molecule has 0 amide bonds. The Hall–Kier alpha value is -0.130. The molecule has 2 atom stereocenters. The highest BCUT2D eigenvalue weighted by Gasteiger charge is 2.28. The van der Waals surface area contributed by atoms with Gasteiger partial charge in [0.15, 0.2) is 0 Å². The van der Waals surface area contributed by atoms with Gasteiger partial charge in [-0.1, -0.05) is 27.7 Å². The van der Waals surface area contributed by atoms with Crippen LogP contribution in [0.4, 0.5) is 0 Å².